The summed E-state index contributed by atoms with van der Waals surface area (Å²) in [7, 11) is -2.13. The fraction of sp³-hybridized carbons (Fsp3) is 0.524. The number of thiophene rings is 1. The van der Waals surface area contributed by atoms with Gasteiger partial charge >= 0.3 is 5.97 Å². The fourth-order valence-electron chi connectivity index (χ4n) is 3.85. The fourth-order valence-corrected chi connectivity index (χ4v) is 6.65. The smallest absolute Gasteiger partial charge is 0.341 e. The highest BCUT2D eigenvalue weighted by Gasteiger charge is 2.36. The number of carbonyl (C=O) groups is 3. The Kier molecular flexibility index (Phi) is 7.39. The molecule has 0 aromatic carbocycles. The van der Waals surface area contributed by atoms with Gasteiger partial charge < -0.3 is 10.1 Å². The van der Waals surface area contributed by atoms with E-state index in [-0.39, 0.29) is 34.4 Å². The Morgan fingerprint density at radius 2 is 2.00 bits per heavy atom. The summed E-state index contributed by atoms with van der Waals surface area (Å²) < 4.78 is 34.2. The number of aryl methyl sites for hydroxylation is 1. The largest absolute Gasteiger partial charge is 0.462 e. The van der Waals surface area contributed by atoms with Gasteiger partial charge in [0.1, 0.15) is 9.90 Å². The second-order valence-corrected chi connectivity index (χ2v) is 10.9. The van der Waals surface area contributed by atoms with Crippen molar-refractivity contribution in [2.45, 2.75) is 45.4 Å². The highest BCUT2D eigenvalue weighted by Crippen LogP contribution is 2.35. The molecule has 10 nitrogen and oxygen atoms in total. The van der Waals surface area contributed by atoms with E-state index in [2.05, 4.69) is 10.4 Å². The number of carbonyl (C=O) groups excluding carboxylic acids is 3. The van der Waals surface area contributed by atoms with E-state index in [4.69, 9.17) is 4.74 Å². The minimum absolute atomic E-state index is 0.0150. The molecular formula is C21H28N4O6S2. The SMILES string of the molecule is CCOC(=O)c1c(NC(=O)[C@H]2CCCN(S(=O)(=O)c3cnn(C)c3C)C2)sc(C(C)=O)c1C. The lowest BCUT2D eigenvalue weighted by Crippen LogP contribution is -2.43. The van der Waals surface area contributed by atoms with Crippen LogP contribution in [0.4, 0.5) is 5.00 Å². The van der Waals surface area contributed by atoms with Gasteiger partial charge in [-0.25, -0.2) is 13.2 Å². The molecule has 1 amide bonds. The Hall–Kier alpha value is -2.57. The van der Waals surface area contributed by atoms with Crippen molar-refractivity contribution in [1.29, 1.82) is 0 Å². The number of hydrogen-bond acceptors (Lipinski definition) is 8. The summed E-state index contributed by atoms with van der Waals surface area (Å²) >= 11 is 1.02. The van der Waals surface area contributed by atoms with Crippen molar-refractivity contribution in [3.63, 3.8) is 0 Å². The van der Waals surface area contributed by atoms with E-state index in [0.29, 0.717) is 35.5 Å². The van der Waals surface area contributed by atoms with Crippen molar-refractivity contribution < 1.29 is 27.5 Å². The number of ketones is 1. The van der Waals surface area contributed by atoms with Crippen molar-refractivity contribution in [3.05, 3.63) is 27.9 Å². The minimum Gasteiger partial charge on any atom is -0.462 e. The molecule has 3 rings (SSSR count). The van der Waals surface area contributed by atoms with E-state index < -0.39 is 27.8 Å². The lowest BCUT2D eigenvalue weighted by atomic mass is 9.99. The maximum Gasteiger partial charge on any atom is 0.341 e. The van der Waals surface area contributed by atoms with Crippen molar-refractivity contribution >= 4 is 44.0 Å². The zero-order chi connectivity index (χ0) is 24.5. The molecule has 0 bridgehead atoms. The third-order valence-corrected chi connectivity index (χ3v) is 9.02. The lowest BCUT2D eigenvalue weighted by Gasteiger charge is -2.31. The van der Waals surface area contributed by atoms with Gasteiger partial charge in [0.2, 0.25) is 15.9 Å². The van der Waals surface area contributed by atoms with E-state index >= 15 is 0 Å². The van der Waals surface area contributed by atoms with Gasteiger partial charge in [0.05, 0.1) is 34.9 Å². The Morgan fingerprint density at radius 1 is 1.30 bits per heavy atom. The van der Waals surface area contributed by atoms with Gasteiger partial charge in [0.15, 0.2) is 5.78 Å². The van der Waals surface area contributed by atoms with Crippen LogP contribution in [0.2, 0.25) is 0 Å². The van der Waals surface area contributed by atoms with E-state index in [0.717, 1.165) is 11.3 Å². The molecule has 180 valence electrons. The molecule has 0 spiro atoms. The van der Waals surface area contributed by atoms with Gasteiger partial charge in [0.25, 0.3) is 0 Å². The van der Waals surface area contributed by atoms with Gasteiger partial charge in [-0.1, -0.05) is 0 Å². The van der Waals surface area contributed by atoms with E-state index in [1.165, 1.54) is 22.1 Å². The maximum absolute atomic E-state index is 13.1. The number of Topliss-reactive ketones (excluding diaryl/α,β-unsaturated/α-hetero) is 1. The van der Waals surface area contributed by atoms with E-state index in [1.54, 1.807) is 27.8 Å². The van der Waals surface area contributed by atoms with Crippen LogP contribution in [0.5, 0.6) is 0 Å². The Balaban J connectivity index is 1.84. The highest BCUT2D eigenvalue weighted by molar-refractivity contribution is 7.89. The van der Waals surface area contributed by atoms with Crippen molar-refractivity contribution in [1.82, 2.24) is 14.1 Å². The predicted octanol–water partition coefficient (Wildman–Crippen LogP) is 2.52. The summed E-state index contributed by atoms with van der Waals surface area (Å²) in [5, 5.41) is 7.01. The number of ether oxygens (including phenoxy) is 1. The van der Waals surface area contributed by atoms with Crippen LogP contribution >= 0.6 is 11.3 Å². The summed E-state index contributed by atoms with van der Waals surface area (Å²) in [6.45, 7) is 6.85. The highest BCUT2D eigenvalue weighted by atomic mass is 32.2. The number of anilines is 1. The first kappa shape index (κ1) is 25.1. The maximum atomic E-state index is 13.1. The van der Waals surface area contributed by atoms with Crippen LogP contribution in [0.1, 0.15) is 58.0 Å². The number of amides is 1. The minimum atomic E-state index is -3.80. The third-order valence-electron chi connectivity index (χ3n) is 5.75. The number of esters is 1. The normalized spacial score (nSPS) is 17.1. The second-order valence-electron chi connectivity index (χ2n) is 7.95. The first-order valence-electron chi connectivity index (χ1n) is 10.6. The monoisotopic (exact) mass is 496 g/mol. The van der Waals surface area contributed by atoms with Gasteiger partial charge in [-0.3, -0.25) is 14.3 Å². The molecule has 0 saturated carbocycles. The Labute approximate surface area is 197 Å². The van der Waals surface area contributed by atoms with Crippen molar-refractivity contribution in [2.75, 3.05) is 25.0 Å². The summed E-state index contributed by atoms with van der Waals surface area (Å²) in [5.74, 6) is -1.84. The number of aromatic nitrogens is 2. The van der Waals surface area contributed by atoms with Crippen LogP contribution in [0, 0.1) is 19.8 Å². The molecule has 1 aliphatic rings. The quantitative estimate of drug-likeness (QED) is 0.461. The molecule has 2 aromatic heterocycles. The van der Waals surface area contributed by atoms with Gasteiger partial charge in [-0.2, -0.15) is 9.40 Å². The molecule has 0 radical (unpaired) electrons. The molecule has 33 heavy (non-hydrogen) atoms. The summed E-state index contributed by atoms with van der Waals surface area (Å²) in [5.41, 5.74) is 1.14. The van der Waals surface area contributed by atoms with Crippen LogP contribution in [-0.2, 0) is 26.6 Å². The van der Waals surface area contributed by atoms with Crippen LogP contribution < -0.4 is 5.32 Å². The molecule has 1 atom stereocenters. The molecule has 12 heteroatoms. The van der Waals surface area contributed by atoms with E-state index in [1.807, 2.05) is 0 Å². The number of piperidine rings is 1. The van der Waals surface area contributed by atoms with Crippen LogP contribution in [0.3, 0.4) is 0 Å². The lowest BCUT2D eigenvalue weighted by molar-refractivity contribution is -0.120. The topological polar surface area (TPSA) is 128 Å². The summed E-state index contributed by atoms with van der Waals surface area (Å²) in [6, 6.07) is 0. The molecule has 0 unspecified atom stereocenters. The number of sulfonamides is 1. The second kappa shape index (κ2) is 9.74. The van der Waals surface area contributed by atoms with Gasteiger partial charge in [0, 0.05) is 20.1 Å². The first-order valence-corrected chi connectivity index (χ1v) is 12.9. The van der Waals surface area contributed by atoms with Gasteiger partial charge in [-0.15, -0.1) is 11.3 Å². The molecule has 1 saturated heterocycles. The molecule has 1 aliphatic heterocycles. The average Bonchev–Trinajstić information content (AvgIpc) is 3.27. The molecule has 1 fully saturated rings. The zero-order valence-corrected chi connectivity index (χ0v) is 20.9. The standard InChI is InChI=1S/C21H28N4O6S2/c1-6-31-21(28)17-12(2)18(14(4)26)32-20(17)23-19(27)15-8-7-9-25(11-15)33(29,30)16-10-22-24(5)13(16)3/h10,15H,6-9,11H2,1-5H3,(H,23,27)/t15-/m0/s1. The van der Waals surface area contributed by atoms with Crippen LogP contribution in [0.25, 0.3) is 0 Å². The third kappa shape index (κ3) is 4.87. The van der Waals surface area contributed by atoms with E-state index in [9.17, 15) is 22.8 Å². The number of hydrogen-bond donors (Lipinski definition) is 1. The Morgan fingerprint density at radius 3 is 2.58 bits per heavy atom. The first-order chi connectivity index (χ1) is 15.5. The molecule has 2 aromatic rings. The van der Waals surface area contributed by atoms with Crippen molar-refractivity contribution in [3.8, 4) is 0 Å². The number of rotatable bonds is 7. The summed E-state index contributed by atoms with van der Waals surface area (Å²) in [4.78, 5) is 38.0. The average molecular weight is 497 g/mol. The van der Waals surface area contributed by atoms with Gasteiger partial charge in [-0.05, 0) is 46.1 Å². The van der Waals surface area contributed by atoms with Crippen LogP contribution in [0.15, 0.2) is 11.1 Å². The summed E-state index contributed by atoms with van der Waals surface area (Å²) in [6.07, 6.45) is 2.34. The number of nitrogens with zero attached hydrogens (tertiary/aromatic N) is 3. The molecule has 1 N–H and O–H groups in total. The molecular weight excluding hydrogens is 468 g/mol. The van der Waals surface area contributed by atoms with Crippen LogP contribution in [-0.4, -0.2) is 59.9 Å². The molecule has 0 aliphatic carbocycles. The zero-order valence-electron chi connectivity index (χ0n) is 19.3. The Bertz CT molecular complexity index is 1200. The molecule has 3 heterocycles. The predicted molar refractivity (Wildman–Crippen MR) is 123 cm³/mol. The number of nitrogens with one attached hydrogen (secondary N) is 1. The van der Waals surface area contributed by atoms with Crippen molar-refractivity contribution in [2.24, 2.45) is 13.0 Å².